The maximum Gasteiger partial charge on any atom is 0.230 e. The number of hydrogen-bond donors (Lipinski definition) is 1. The summed E-state index contributed by atoms with van der Waals surface area (Å²) < 4.78 is 2.19. The van der Waals surface area contributed by atoms with Crippen molar-refractivity contribution in [3.8, 4) is 0 Å². The van der Waals surface area contributed by atoms with Gasteiger partial charge < -0.3 is 9.88 Å². The number of aromatic nitrogens is 3. The van der Waals surface area contributed by atoms with Gasteiger partial charge in [0.15, 0.2) is 5.82 Å². The average Bonchev–Trinajstić information content (AvgIpc) is 2.83. The molecule has 2 heterocycles. The van der Waals surface area contributed by atoms with Gasteiger partial charge in [0, 0.05) is 17.9 Å². The average molecular weight is 344 g/mol. The predicted octanol–water partition coefficient (Wildman–Crippen LogP) is 3.28. The summed E-state index contributed by atoms with van der Waals surface area (Å²) in [4.78, 5) is 13.4. The summed E-state index contributed by atoms with van der Waals surface area (Å²) in [6.45, 7) is 5.00. The Kier molecular flexibility index (Phi) is 5.56. The van der Waals surface area contributed by atoms with Gasteiger partial charge >= 0.3 is 0 Å². The van der Waals surface area contributed by atoms with Gasteiger partial charge in [-0.05, 0) is 38.3 Å². The third-order valence-electron chi connectivity index (χ3n) is 4.36. The summed E-state index contributed by atoms with van der Waals surface area (Å²) in [5, 5.41) is 11.7. The van der Waals surface area contributed by atoms with E-state index in [1.807, 2.05) is 19.1 Å². The van der Waals surface area contributed by atoms with Crippen molar-refractivity contribution in [1.29, 1.82) is 0 Å². The van der Waals surface area contributed by atoms with Crippen LogP contribution in [0.1, 0.15) is 49.4 Å². The Morgan fingerprint density at radius 3 is 2.96 bits per heavy atom. The van der Waals surface area contributed by atoms with Crippen LogP contribution in [0.2, 0.25) is 0 Å². The number of benzene rings is 1. The lowest BCUT2D eigenvalue weighted by atomic mass is 10.2. The zero-order valence-electron chi connectivity index (χ0n) is 14.3. The van der Waals surface area contributed by atoms with Crippen molar-refractivity contribution < 1.29 is 4.79 Å². The molecule has 1 aliphatic heterocycles. The van der Waals surface area contributed by atoms with E-state index in [1.165, 1.54) is 18.4 Å². The van der Waals surface area contributed by atoms with Crippen LogP contribution in [0, 0.1) is 6.92 Å². The Morgan fingerprint density at radius 2 is 2.12 bits per heavy atom. The summed E-state index contributed by atoms with van der Waals surface area (Å²) in [5.74, 6) is 2.37. The van der Waals surface area contributed by atoms with Gasteiger partial charge in [-0.15, -0.1) is 22.0 Å². The minimum Gasteiger partial charge on any atom is -0.346 e. The highest BCUT2D eigenvalue weighted by molar-refractivity contribution is 8.00. The quantitative estimate of drug-likeness (QED) is 0.846. The predicted molar refractivity (Wildman–Crippen MR) is 96.0 cm³/mol. The van der Waals surface area contributed by atoms with E-state index in [-0.39, 0.29) is 11.9 Å². The molecule has 0 bridgehead atoms. The van der Waals surface area contributed by atoms with Crippen LogP contribution in [0.3, 0.4) is 0 Å². The molecule has 1 aromatic carbocycles. The second kappa shape index (κ2) is 7.83. The van der Waals surface area contributed by atoms with Gasteiger partial charge in [0.2, 0.25) is 5.91 Å². The highest BCUT2D eigenvalue weighted by Gasteiger charge is 2.20. The minimum atomic E-state index is -0.116. The maximum absolute atomic E-state index is 12.3. The summed E-state index contributed by atoms with van der Waals surface area (Å²) >= 11 is 1.57. The second-order valence-corrected chi connectivity index (χ2v) is 7.30. The monoisotopic (exact) mass is 344 g/mol. The number of carbonyl (C=O) groups is 1. The molecule has 1 aliphatic rings. The van der Waals surface area contributed by atoms with Crippen molar-refractivity contribution in [2.24, 2.45) is 0 Å². The maximum atomic E-state index is 12.3. The molecule has 1 N–H and O–H groups in total. The van der Waals surface area contributed by atoms with Crippen LogP contribution in [0.15, 0.2) is 29.2 Å². The van der Waals surface area contributed by atoms with Crippen LogP contribution in [0.5, 0.6) is 0 Å². The highest BCUT2D eigenvalue weighted by atomic mass is 32.2. The third kappa shape index (κ3) is 3.98. The molecule has 0 spiro atoms. The van der Waals surface area contributed by atoms with Crippen molar-refractivity contribution in [1.82, 2.24) is 20.1 Å². The second-order valence-electron chi connectivity index (χ2n) is 6.28. The van der Waals surface area contributed by atoms with Crippen molar-refractivity contribution in [2.75, 3.05) is 5.75 Å². The van der Waals surface area contributed by atoms with Gasteiger partial charge in [0.1, 0.15) is 5.82 Å². The lowest BCUT2D eigenvalue weighted by Crippen LogP contribution is -2.30. The molecule has 0 fully saturated rings. The normalized spacial score (nSPS) is 15.4. The van der Waals surface area contributed by atoms with Crippen LogP contribution in [0.25, 0.3) is 0 Å². The number of amides is 1. The van der Waals surface area contributed by atoms with Gasteiger partial charge in [-0.1, -0.05) is 24.6 Å². The Balaban J connectivity index is 1.58. The lowest BCUT2D eigenvalue weighted by molar-refractivity contribution is -0.119. The summed E-state index contributed by atoms with van der Waals surface area (Å²) in [7, 11) is 0. The molecule has 0 radical (unpaired) electrons. The van der Waals surface area contributed by atoms with Gasteiger partial charge in [-0.25, -0.2) is 0 Å². The summed E-state index contributed by atoms with van der Waals surface area (Å²) in [6.07, 6.45) is 4.54. The van der Waals surface area contributed by atoms with E-state index in [1.54, 1.807) is 11.8 Å². The van der Waals surface area contributed by atoms with Crippen LogP contribution < -0.4 is 5.32 Å². The fraction of sp³-hybridized carbons (Fsp3) is 0.500. The van der Waals surface area contributed by atoms with E-state index in [0.717, 1.165) is 35.9 Å². The number of nitrogens with zero attached hydrogens (tertiary/aromatic N) is 3. The van der Waals surface area contributed by atoms with Gasteiger partial charge in [0.05, 0.1) is 11.8 Å². The van der Waals surface area contributed by atoms with Crippen molar-refractivity contribution >= 4 is 17.7 Å². The molecule has 24 heavy (non-hydrogen) atoms. The fourth-order valence-corrected chi connectivity index (χ4v) is 3.88. The van der Waals surface area contributed by atoms with E-state index in [0.29, 0.717) is 5.75 Å². The topological polar surface area (TPSA) is 59.8 Å². The minimum absolute atomic E-state index is 0.0294. The summed E-state index contributed by atoms with van der Waals surface area (Å²) in [6, 6.07) is 8.01. The largest absolute Gasteiger partial charge is 0.346 e. The van der Waals surface area contributed by atoms with Gasteiger partial charge in [-0.2, -0.15) is 0 Å². The Bertz CT molecular complexity index is 713. The first kappa shape index (κ1) is 17.0. The van der Waals surface area contributed by atoms with Crippen LogP contribution >= 0.6 is 11.8 Å². The van der Waals surface area contributed by atoms with E-state index in [4.69, 9.17) is 0 Å². The highest BCUT2D eigenvalue weighted by Crippen LogP contribution is 2.22. The first-order valence-corrected chi connectivity index (χ1v) is 9.53. The Morgan fingerprint density at radius 1 is 1.29 bits per heavy atom. The lowest BCUT2D eigenvalue weighted by Gasteiger charge is -2.15. The molecule has 5 nitrogen and oxygen atoms in total. The Labute approximate surface area is 147 Å². The fourth-order valence-electron chi connectivity index (χ4n) is 3.04. The van der Waals surface area contributed by atoms with E-state index in [2.05, 4.69) is 39.1 Å². The molecule has 1 aromatic heterocycles. The van der Waals surface area contributed by atoms with Crippen molar-refractivity contribution in [3.05, 3.63) is 41.5 Å². The molecule has 0 saturated heterocycles. The molecular weight excluding hydrogens is 320 g/mol. The number of rotatable bonds is 5. The number of nitrogens with one attached hydrogen (secondary N) is 1. The van der Waals surface area contributed by atoms with Crippen LogP contribution in [0.4, 0.5) is 0 Å². The zero-order valence-corrected chi connectivity index (χ0v) is 15.1. The molecule has 1 amide bonds. The van der Waals surface area contributed by atoms with Crippen LogP contribution in [-0.4, -0.2) is 26.4 Å². The summed E-state index contributed by atoms with van der Waals surface area (Å²) in [5.41, 5.74) is 1.20. The van der Waals surface area contributed by atoms with Crippen LogP contribution in [-0.2, 0) is 17.8 Å². The Hall–Kier alpha value is -1.82. The van der Waals surface area contributed by atoms with Gasteiger partial charge in [0.25, 0.3) is 0 Å². The van der Waals surface area contributed by atoms with E-state index in [9.17, 15) is 4.79 Å². The van der Waals surface area contributed by atoms with E-state index < -0.39 is 0 Å². The van der Waals surface area contributed by atoms with Crippen molar-refractivity contribution in [3.63, 3.8) is 0 Å². The number of carbonyl (C=O) groups excluding carboxylic acids is 1. The number of aryl methyl sites for hydroxylation is 2. The first-order chi connectivity index (χ1) is 11.6. The number of fused-ring (bicyclic) bond motifs is 1. The number of hydrogen-bond acceptors (Lipinski definition) is 4. The SMILES string of the molecule is Cc1ccccc1SCC(=O)N[C@@H](C)c1nnc2n1CCCCC2. The first-order valence-electron chi connectivity index (χ1n) is 8.55. The molecule has 0 saturated carbocycles. The van der Waals surface area contributed by atoms with Crippen molar-refractivity contribution in [2.45, 2.75) is 57.0 Å². The molecule has 3 rings (SSSR count). The molecule has 1 atom stereocenters. The molecular formula is C18H24N4OS. The zero-order chi connectivity index (χ0) is 16.9. The molecule has 0 aliphatic carbocycles. The number of thioether (sulfide) groups is 1. The third-order valence-corrected chi connectivity index (χ3v) is 5.53. The van der Waals surface area contributed by atoms with Gasteiger partial charge in [-0.3, -0.25) is 4.79 Å². The molecule has 6 heteroatoms. The molecule has 2 aromatic rings. The molecule has 128 valence electrons. The molecule has 0 unspecified atom stereocenters. The van der Waals surface area contributed by atoms with E-state index >= 15 is 0 Å². The standard InChI is InChI=1S/C18H24N4OS/c1-13-8-5-6-9-15(13)24-12-17(23)19-14(2)18-21-20-16-10-4-3-7-11-22(16)18/h5-6,8-9,14H,3-4,7,10-12H2,1-2H3,(H,19,23)/t14-/m0/s1. The smallest absolute Gasteiger partial charge is 0.230 e.